The van der Waals surface area contributed by atoms with Gasteiger partial charge in [0.15, 0.2) is 5.65 Å². The number of fused-ring (bicyclic) bond motifs is 1. The minimum Gasteiger partial charge on any atom is -0.341 e. The molecule has 0 spiro atoms. The van der Waals surface area contributed by atoms with Crippen molar-refractivity contribution >= 4 is 27.1 Å². The summed E-state index contributed by atoms with van der Waals surface area (Å²) in [5, 5.41) is 0. The molecule has 0 aliphatic heterocycles. The highest BCUT2D eigenvalue weighted by Crippen LogP contribution is 2.28. The number of alkyl halides is 3. The van der Waals surface area contributed by atoms with Crippen LogP contribution in [-0.4, -0.2) is 19.9 Å². The summed E-state index contributed by atoms with van der Waals surface area (Å²) in [6.07, 6.45) is -3.31. The molecular formula is C6H2BrF3N4. The average Bonchev–Trinajstić information content (AvgIpc) is 2.50. The van der Waals surface area contributed by atoms with Gasteiger partial charge in [0, 0.05) is 0 Å². The molecule has 74 valence electrons. The van der Waals surface area contributed by atoms with Gasteiger partial charge in [0.05, 0.1) is 6.33 Å². The van der Waals surface area contributed by atoms with Crippen LogP contribution in [0.25, 0.3) is 11.2 Å². The number of nitrogens with one attached hydrogen (secondary N) is 1. The van der Waals surface area contributed by atoms with Crippen molar-refractivity contribution in [2.24, 2.45) is 0 Å². The first kappa shape index (κ1) is 9.38. The van der Waals surface area contributed by atoms with E-state index >= 15 is 0 Å². The number of H-pyrrole nitrogens is 1. The molecule has 0 amide bonds. The van der Waals surface area contributed by atoms with Gasteiger partial charge in [-0.1, -0.05) is 0 Å². The van der Waals surface area contributed by atoms with Crippen LogP contribution in [-0.2, 0) is 6.18 Å². The molecule has 4 nitrogen and oxygen atoms in total. The van der Waals surface area contributed by atoms with E-state index in [0.717, 1.165) is 0 Å². The van der Waals surface area contributed by atoms with Crippen molar-refractivity contribution < 1.29 is 13.2 Å². The molecule has 0 radical (unpaired) electrons. The third-order valence-electron chi connectivity index (χ3n) is 1.50. The van der Waals surface area contributed by atoms with Crippen molar-refractivity contribution in [2.45, 2.75) is 6.18 Å². The maximum atomic E-state index is 12.2. The monoisotopic (exact) mass is 266 g/mol. The highest BCUT2D eigenvalue weighted by molar-refractivity contribution is 9.10. The molecule has 0 aromatic carbocycles. The Labute approximate surface area is 83.7 Å². The number of aromatic nitrogens is 4. The van der Waals surface area contributed by atoms with E-state index in [0.29, 0.717) is 5.52 Å². The molecule has 2 aromatic rings. The van der Waals surface area contributed by atoms with Crippen LogP contribution >= 0.6 is 15.9 Å². The first-order valence-corrected chi connectivity index (χ1v) is 4.21. The first-order valence-electron chi connectivity index (χ1n) is 3.42. The lowest BCUT2D eigenvalue weighted by molar-refractivity contribution is -0.144. The molecule has 8 heteroatoms. The van der Waals surface area contributed by atoms with Crippen LogP contribution in [0, 0.1) is 0 Å². The zero-order valence-electron chi connectivity index (χ0n) is 6.43. The van der Waals surface area contributed by atoms with Crippen LogP contribution in [0.15, 0.2) is 10.9 Å². The largest absolute Gasteiger partial charge is 0.451 e. The van der Waals surface area contributed by atoms with E-state index in [1.54, 1.807) is 0 Å². The quantitative estimate of drug-likeness (QED) is 0.744. The SMILES string of the molecule is FC(F)(F)c1nc(Br)c2[nH]cnc2n1. The van der Waals surface area contributed by atoms with Crippen LogP contribution in [0.5, 0.6) is 0 Å². The van der Waals surface area contributed by atoms with E-state index in [1.165, 1.54) is 6.33 Å². The normalized spacial score (nSPS) is 12.3. The number of halogens is 4. The molecule has 2 aromatic heterocycles. The molecule has 0 unspecified atom stereocenters. The highest BCUT2D eigenvalue weighted by atomic mass is 79.9. The number of nitrogens with zero attached hydrogens (tertiary/aromatic N) is 3. The number of hydrogen-bond acceptors (Lipinski definition) is 3. The van der Waals surface area contributed by atoms with Crippen LogP contribution in [0.4, 0.5) is 13.2 Å². The van der Waals surface area contributed by atoms with Gasteiger partial charge in [-0.3, -0.25) is 0 Å². The minimum absolute atomic E-state index is 0.0146. The fourth-order valence-electron chi connectivity index (χ4n) is 0.925. The van der Waals surface area contributed by atoms with E-state index in [9.17, 15) is 13.2 Å². The number of hydrogen-bond donors (Lipinski definition) is 1. The molecule has 14 heavy (non-hydrogen) atoms. The van der Waals surface area contributed by atoms with Gasteiger partial charge >= 0.3 is 6.18 Å². The zero-order chi connectivity index (χ0) is 10.3. The highest BCUT2D eigenvalue weighted by Gasteiger charge is 2.35. The van der Waals surface area contributed by atoms with E-state index in [1.807, 2.05) is 0 Å². The second kappa shape index (κ2) is 2.91. The smallest absolute Gasteiger partial charge is 0.341 e. The third kappa shape index (κ3) is 1.45. The summed E-state index contributed by atoms with van der Waals surface area (Å²) in [5.74, 6) is -1.20. The van der Waals surface area contributed by atoms with E-state index in [-0.39, 0.29) is 10.3 Å². The Morgan fingerprint density at radius 2 is 2.00 bits per heavy atom. The Morgan fingerprint density at radius 3 is 2.64 bits per heavy atom. The summed E-state index contributed by atoms with van der Waals surface area (Å²) in [5.41, 5.74) is 0.331. The predicted molar refractivity (Wildman–Crippen MR) is 44.4 cm³/mol. The van der Waals surface area contributed by atoms with E-state index in [2.05, 4.69) is 35.9 Å². The summed E-state index contributed by atoms with van der Waals surface area (Å²) in [7, 11) is 0. The van der Waals surface area contributed by atoms with Crippen LogP contribution in [0.2, 0.25) is 0 Å². The van der Waals surface area contributed by atoms with Gasteiger partial charge in [-0.15, -0.1) is 0 Å². The fourth-order valence-corrected chi connectivity index (χ4v) is 1.38. The van der Waals surface area contributed by atoms with E-state index < -0.39 is 12.0 Å². The van der Waals surface area contributed by atoms with Gasteiger partial charge in [0.25, 0.3) is 0 Å². The van der Waals surface area contributed by atoms with Crippen LogP contribution < -0.4 is 0 Å². The lowest BCUT2D eigenvalue weighted by atomic mass is 10.5. The second-order valence-corrected chi connectivity index (χ2v) is 3.19. The van der Waals surface area contributed by atoms with Crippen LogP contribution in [0.1, 0.15) is 5.82 Å². The molecule has 0 aliphatic rings. The lowest BCUT2D eigenvalue weighted by Gasteiger charge is -2.04. The second-order valence-electron chi connectivity index (χ2n) is 2.44. The molecule has 0 atom stereocenters. The number of aromatic amines is 1. The van der Waals surface area contributed by atoms with Crippen molar-refractivity contribution in [3.63, 3.8) is 0 Å². The van der Waals surface area contributed by atoms with Gasteiger partial charge in [-0.05, 0) is 15.9 Å². The number of rotatable bonds is 0. The van der Waals surface area contributed by atoms with Crippen molar-refractivity contribution in [1.29, 1.82) is 0 Å². The molecule has 0 bridgehead atoms. The van der Waals surface area contributed by atoms with Gasteiger partial charge in [-0.2, -0.15) is 13.2 Å². The summed E-state index contributed by atoms with van der Waals surface area (Å²) < 4.78 is 36.7. The third-order valence-corrected chi connectivity index (χ3v) is 2.07. The summed E-state index contributed by atoms with van der Waals surface area (Å²) in [6.45, 7) is 0. The van der Waals surface area contributed by atoms with Crippen molar-refractivity contribution in [2.75, 3.05) is 0 Å². The van der Waals surface area contributed by atoms with Gasteiger partial charge < -0.3 is 4.98 Å². The van der Waals surface area contributed by atoms with Crippen molar-refractivity contribution in [3.8, 4) is 0 Å². The molecule has 2 heterocycles. The molecule has 2 rings (SSSR count). The lowest BCUT2D eigenvalue weighted by Crippen LogP contribution is -2.11. The number of imidazole rings is 1. The van der Waals surface area contributed by atoms with Crippen LogP contribution in [0.3, 0.4) is 0 Å². The Balaban J connectivity index is 2.70. The van der Waals surface area contributed by atoms with Crippen molar-refractivity contribution in [3.05, 3.63) is 16.8 Å². The molecule has 1 N–H and O–H groups in total. The summed E-state index contributed by atoms with van der Waals surface area (Å²) in [6, 6.07) is 0. The van der Waals surface area contributed by atoms with Gasteiger partial charge in [0.2, 0.25) is 5.82 Å². The predicted octanol–water partition coefficient (Wildman–Crippen LogP) is 2.13. The van der Waals surface area contributed by atoms with Gasteiger partial charge in [0.1, 0.15) is 10.1 Å². The average molecular weight is 267 g/mol. The molecule has 0 aliphatic carbocycles. The Kier molecular flexibility index (Phi) is 1.95. The topological polar surface area (TPSA) is 54.5 Å². The summed E-state index contributed by atoms with van der Waals surface area (Å²) >= 11 is 2.90. The van der Waals surface area contributed by atoms with Gasteiger partial charge in [-0.25, -0.2) is 15.0 Å². The van der Waals surface area contributed by atoms with Crippen molar-refractivity contribution in [1.82, 2.24) is 19.9 Å². The summed E-state index contributed by atoms with van der Waals surface area (Å²) in [4.78, 5) is 12.7. The standard InChI is InChI=1S/C6H2BrF3N4/c7-3-2-4(12-1-11-2)14-5(13-3)6(8,9)10/h1H,(H,11,12,13,14). The Hall–Kier alpha value is -1.18. The molecule has 0 saturated heterocycles. The minimum atomic E-state index is -4.56. The fraction of sp³-hybridized carbons (Fsp3) is 0.167. The Bertz CT molecular complexity index is 477. The maximum Gasteiger partial charge on any atom is 0.451 e. The first-order chi connectivity index (χ1) is 6.48. The zero-order valence-corrected chi connectivity index (χ0v) is 8.02. The maximum absolute atomic E-state index is 12.2. The van der Waals surface area contributed by atoms with E-state index in [4.69, 9.17) is 0 Å². The molecular weight excluding hydrogens is 265 g/mol. The molecule has 0 fully saturated rings. The Morgan fingerprint density at radius 1 is 1.29 bits per heavy atom. The molecule has 0 saturated carbocycles.